The molecule has 0 heterocycles. The van der Waals surface area contributed by atoms with Gasteiger partial charge in [-0.1, -0.05) is 6.07 Å². The van der Waals surface area contributed by atoms with Crippen molar-refractivity contribution in [2.45, 2.75) is 13.5 Å². The number of hydrogen-bond donors (Lipinski definition) is 5. The second-order valence-corrected chi connectivity index (χ2v) is 4.63. The Labute approximate surface area is 120 Å². The molecule has 0 fully saturated rings. The number of benzene rings is 2. The van der Waals surface area contributed by atoms with Gasteiger partial charge in [0.05, 0.1) is 5.56 Å². The van der Waals surface area contributed by atoms with Crippen molar-refractivity contribution in [2.24, 2.45) is 0 Å². The van der Waals surface area contributed by atoms with Crippen LogP contribution in [0.4, 0.5) is 5.69 Å². The molecule has 0 spiro atoms. The summed E-state index contributed by atoms with van der Waals surface area (Å²) in [4.78, 5) is 10.9. The quantitative estimate of drug-likeness (QED) is 0.553. The number of anilines is 1. The van der Waals surface area contributed by atoms with Gasteiger partial charge in [0, 0.05) is 17.8 Å². The third kappa shape index (κ3) is 3.00. The average Bonchev–Trinajstić information content (AvgIpc) is 2.45. The van der Waals surface area contributed by atoms with Crippen LogP contribution in [0.1, 0.15) is 21.5 Å². The van der Waals surface area contributed by atoms with Crippen LogP contribution in [-0.2, 0) is 6.54 Å². The molecule has 0 radical (unpaired) electrons. The van der Waals surface area contributed by atoms with E-state index in [2.05, 4.69) is 5.32 Å². The van der Waals surface area contributed by atoms with E-state index in [-0.39, 0.29) is 12.1 Å². The third-order valence-electron chi connectivity index (χ3n) is 3.17. The van der Waals surface area contributed by atoms with Gasteiger partial charge in [-0.25, -0.2) is 4.79 Å². The first-order chi connectivity index (χ1) is 9.90. The standard InChI is InChI=1S/C15H15NO5/c1-8-2-3-9(15(20)21)6-11(8)16-7-10-4-5-12(17)14(19)13(10)18/h2-6,16-19H,7H2,1H3,(H,20,21). The molecule has 0 saturated carbocycles. The highest BCUT2D eigenvalue weighted by molar-refractivity contribution is 5.89. The van der Waals surface area contributed by atoms with Crippen molar-refractivity contribution in [2.75, 3.05) is 5.32 Å². The summed E-state index contributed by atoms with van der Waals surface area (Å²) in [5, 5.41) is 40.4. The molecule has 0 aliphatic heterocycles. The van der Waals surface area contributed by atoms with E-state index in [1.807, 2.05) is 6.92 Å². The van der Waals surface area contributed by atoms with Crippen LogP contribution < -0.4 is 5.32 Å². The van der Waals surface area contributed by atoms with Gasteiger partial charge in [0.2, 0.25) is 5.75 Å². The summed E-state index contributed by atoms with van der Waals surface area (Å²) in [6, 6.07) is 7.42. The molecule has 6 nitrogen and oxygen atoms in total. The normalized spacial score (nSPS) is 10.3. The van der Waals surface area contributed by atoms with Crippen molar-refractivity contribution in [3.8, 4) is 17.2 Å². The van der Waals surface area contributed by atoms with Crippen molar-refractivity contribution in [1.29, 1.82) is 0 Å². The lowest BCUT2D eigenvalue weighted by molar-refractivity contribution is 0.0697. The van der Waals surface area contributed by atoms with Gasteiger partial charge >= 0.3 is 5.97 Å². The van der Waals surface area contributed by atoms with Gasteiger partial charge in [0.25, 0.3) is 0 Å². The zero-order valence-electron chi connectivity index (χ0n) is 11.3. The monoisotopic (exact) mass is 289 g/mol. The Morgan fingerprint density at radius 2 is 1.81 bits per heavy atom. The molecule has 6 heteroatoms. The summed E-state index contributed by atoms with van der Waals surface area (Å²) in [5.41, 5.74) is 2.00. The summed E-state index contributed by atoms with van der Waals surface area (Å²) in [6.07, 6.45) is 0. The summed E-state index contributed by atoms with van der Waals surface area (Å²) >= 11 is 0. The van der Waals surface area contributed by atoms with Crippen molar-refractivity contribution in [3.05, 3.63) is 47.0 Å². The first-order valence-electron chi connectivity index (χ1n) is 6.20. The molecule has 0 unspecified atom stereocenters. The molecular formula is C15H15NO5. The highest BCUT2D eigenvalue weighted by Gasteiger charge is 2.11. The van der Waals surface area contributed by atoms with Gasteiger partial charge in [0.15, 0.2) is 11.5 Å². The van der Waals surface area contributed by atoms with Crippen molar-refractivity contribution < 1.29 is 25.2 Å². The molecule has 21 heavy (non-hydrogen) atoms. The maximum Gasteiger partial charge on any atom is 0.335 e. The van der Waals surface area contributed by atoms with Crippen LogP contribution in [0.5, 0.6) is 17.2 Å². The van der Waals surface area contributed by atoms with Crippen LogP contribution in [-0.4, -0.2) is 26.4 Å². The van der Waals surface area contributed by atoms with Crippen molar-refractivity contribution in [1.82, 2.24) is 0 Å². The number of phenolic OH excluding ortho intramolecular Hbond substituents is 3. The number of carboxylic acid groups (broad SMARTS) is 1. The molecule has 0 aliphatic carbocycles. The Kier molecular flexibility index (Phi) is 3.89. The van der Waals surface area contributed by atoms with Crippen LogP contribution in [0.3, 0.4) is 0 Å². The summed E-state index contributed by atoms with van der Waals surface area (Å²) < 4.78 is 0. The minimum absolute atomic E-state index is 0.154. The molecule has 2 aromatic rings. The molecular weight excluding hydrogens is 274 g/mol. The molecule has 0 atom stereocenters. The van der Waals surface area contributed by atoms with Gasteiger partial charge in [-0.3, -0.25) is 0 Å². The van der Waals surface area contributed by atoms with Crippen LogP contribution in [0, 0.1) is 6.92 Å². The number of aryl methyl sites for hydroxylation is 1. The Hall–Kier alpha value is -2.89. The predicted molar refractivity (Wildman–Crippen MR) is 76.9 cm³/mol. The topological polar surface area (TPSA) is 110 Å². The predicted octanol–water partition coefficient (Wildman–Crippen LogP) is 2.42. The van der Waals surface area contributed by atoms with Gasteiger partial charge in [-0.15, -0.1) is 0 Å². The highest BCUT2D eigenvalue weighted by Crippen LogP contribution is 2.37. The number of carbonyl (C=O) groups is 1. The first-order valence-corrected chi connectivity index (χ1v) is 6.20. The second kappa shape index (κ2) is 5.62. The van der Waals surface area contributed by atoms with Crippen LogP contribution in [0.25, 0.3) is 0 Å². The van der Waals surface area contributed by atoms with E-state index >= 15 is 0 Å². The van der Waals surface area contributed by atoms with E-state index in [0.29, 0.717) is 11.3 Å². The lowest BCUT2D eigenvalue weighted by atomic mass is 10.1. The van der Waals surface area contributed by atoms with Gasteiger partial charge in [-0.05, 0) is 36.8 Å². The zero-order chi connectivity index (χ0) is 15.6. The molecule has 0 amide bonds. The Balaban J connectivity index is 2.22. The minimum Gasteiger partial charge on any atom is -0.504 e. The van der Waals surface area contributed by atoms with Gasteiger partial charge in [-0.2, -0.15) is 0 Å². The smallest absolute Gasteiger partial charge is 0.335 e. The largest absolute Gasteiger partial charge is 0.504 e. The number of hydrogen-bond acceptors (Lipinski definition) is 5. The fourth-order valence-corrected chi connectivity index (χ4v) is 1.89. The van der Waals surface area contributed by atoms with E-state index in [0.717, 1.165) is 5.56 Å². The SMILES string of the molecule is Cc1ccc(C(=O)O)cc1NCc1ccc(O)c(O)c1O. The van der Waals surface area contributed by atoms with E-state index in [1.54, 1.807) is 6.07 Å². The van der Waals surface area contributed by atoms with E-state index in [1.165, 1.54) is 24.3 Å². The van der Waals surface area contributed by atoms with E-state index in [4.69, 9.17) is 5.11 Å². The molecule has 0 aromatic heterocycles. The number of phenols is 3. The summed E-state index contributed by atoms with van der Waals surface area (Å²) in [5.74, 6) is -2.41. The number of aromatic hydroxyl groups is 3. The number of rotatable bonds is 4. The third-order valence-corrected chi connectivity index (χ3v) is 3.17. The Bertz CT molecular complexity index is 697. The minimum atomic E-state index is -1.02. The van der Waals surface area contributed by atoms with Gasteiger partial charge < -0.3 is 25.7 Å². The fraction of sp³-hybridized carbons (Fsp3) is 0.133. The van der Waals surface area contributed by atoms with Gasteiger partial charge in [0.1, 0.15) is 0 Å². The molecule has 2 rings (SSSR count). The molecule has 0 aliphatic rings. The lowest BCUT2D eigenvalue weighted by Gasteiger charge is -2.12. The van der Waals surface area contributed by atoms with Crippen molar-refractivity contribution in [3.63, 3.8) is 0 Å². The fourth-order valence-electron chi connectivity index (χ4n) is 1.89. The molecule has 5 N–H and O–H groups in total. The Morgan fingerprint density at radius 1 is 1.10 bits per heavy atom. The van der Waals surface area contributed by atoms with Crippen LogP contribution in [0.15, 0.2) is 30.3 Å². The summed E-state index contributed by atoms with van der Waals surface area (Å²) in [7, 11) is 0. The molecule has 2 aromatic carbocycles. The number of aromatic carboxylic acids is 1. The van der Waals surface area contributed by atoms with Crippen LogP contribution >= 0.6 is 0 Å². The van der Waals surface area contributed by atoms with E-state index in [9.17, 15) is 20.1 Å². The first kappa shape index (κ1) is 14.5. The molecule has 0 saturated heterocycles. The number of nitrogens with one attached hydrogen (secondary N) is 1. The number of carboxylic acids is 1. The lowest BCUT2D eigenvalue weighted by Crippen LogP contribution is -2.04. The second-order valence-electron chi connectivity index (χ2n) is 4.63. The maximum absolute atomic E-state index is 10.9. The zero-order valence-corrected chi connectivity index (χ0v) is 11.3. The average molecular weight is 289 g/mol. The highest BCUT2D eigenvalue weighted by atomic mass is 16.4. The molecule has 110 valence electrons. The Morgan fingerprint density at radius 3 is 2.48 bits per heavy atom. The van der Waals surface area contributed by atoms with E-state index < -0.39 is 23.2 Å². The van der Waals surface area contributed by atoms with Crippen LogP contribution in [0.2, 0.25) is 0 Å². The maximum atomic E-state index is 10.9. The molecule has 0 bridgehead atoms. The van der Waals surface area contributed by atoms with Crippen molar-refractivity contribution >= 4 is 11.7 Å². The summed E-state index contributed by atoms with van der Waals surface area (Å²) in [6.45, 7) is 1.99.